The van der Waals surface area contributed by atoms with Gasteiger partial charge in [0.15, 0.2) is 5.16 Å². The highest BCUT2D eigenvalue weighted by Crippen LogP contribution is 2.22. The van der Waals surface area contributed by atoms with Crippen molar-refractivity contribution >= 4 is 34.7 Å². The van der Waals surface area contributed by atoms with Gasteiger partial charge in [-0.05, 0) is 37.5 Å². The summed E-state index contributed by atoms with van der Waals surface area (Å²) in [6, 6.07) is 6.00. The number of imidazole rings is 1. The van der Waals surface area contributed by atoms with Crippen LogP contribution >= 0.6 is 11.8 Å². The number of aliphatic carboxylic acids is 1. The number of hydrogen-bond acceptors (Lipinski definition) is 4. The molecule has 1 fully saturated rings. The number of carbonyl (C=O) groups is 2. The Bertz CT molecular complexity index is 735. The first kappa shape index (κ1) is 15.9. The second-order valence-electron chi connectivity index (χ2n) is 5.84. The number of aromatic nitrogens is 2. The van der Waals surface area contributed by atoms with Crippen LogP contribution in [0.15, 0.2) is 23.4 Å². The van der Waals surface area contributed by atoms with E-state index in [2.05, 4.69) is 9.97 Å². The minimum absolute atomic E-state index is 0.0375. The number of fused-ring (bicyclic) bond motifs is 1. The number of amides is 1. The maximum absolute atomic E-state index is 12.2. The number of piperidine rings is 1. The number of likely N-dealkylation sites (tertiary alicyclic amines) is 1. The molecular weight excluding hydrogens is 314 g/mol. The number of carboxylic acids is 1. The highest BCUT2D eigenvalue weighted by molar-refractivity contribution is 7.99. The van der Waals surface area contributed by atoms with E-state index in [4.69, 9.17) is 5.11 Å². The van der Waals surface area contributed by atoms with Gasteiger partial charge in [0.1, 0.15) is 0 Å². The molecule has 0 aliphatic carbocycles. The lowest BCUT2D eigenvalue weighted by Crippen LogP contribution is -2.41. The summed E-state index contributed by atoms with van der Waals surface area (Å²) >= 11 is 1.39. The topological polar surface area (TPSA) is 86.3 Å². The Balaban J connectivity index is 1.55. The first-order valence-corrected chi connectivity index (χ1v) is 8.61. The summed E-state index contributed by atoms with van der Waals surface area (Å²) in [7, 11) is 0. The summed E-state index contributed by atoms with van der Waals surface area (Å²) in [5.41, 5.74) is 3.03. The number of nitrogens with one attached hydrogen (secondary N) is 1. The van der Waals surface area contributed by atoms with Gasteiger partial charge in [0, 0.05) is 13.1 Å². The van der Waals surface area contributed by atoms with Crippen LogP contribution in [0, 0.1) is 12.8 Å². The Morgan fingerprint density at radius 3 is 2.83 bits per heavy atom. The van der Waals surface area contributed by atoms with Crippen LogP contribution in [0.5, 0.6) is 0 Å². The second kappa shape index (κ2) is 6.62. The summed E-state index contributed by atoms with van der Waals surface area (Å²) < 4.78 is 0. The highest BCUT2D eigenvalue weighted by Gasteiger charge is 2.26. The van der Waals surface area contributed by atoms with Gasteiger partial charge in [0.25, 0.3) is 0 Å². The molecule has 0 atom stereocenters. The highest BCUT2D eigenvalue weighted by atomic mass is 32.2. The molecule has 1 aromatic heterocycles. The van der Waals surface area contributed by atoms with Crippen molar-refractivity contribution < 1.29 is 14.7 Å². The number of nitrogens with zero attached hydrogens (tertiary/aromatic N) is 2. The number of aryl methyl sites for hydroxylation is 1. The van der Waals surface area contributed by atoms with Crippen LogP contribution in [-0.4, -0.2) is 50.7 Å². The van der Waals surface area contributed by atoms with Crippen LogP contribution in [0.2, 0.25) is 0 Å². The molecule has 0 saturated carbocycles. The number of hydrogen-bond donors (Lipinski definition) is 2. The number of thioether (sulfide) groups is 1. The molecule has 1 saturated heterocycles. The first-order valence-electron chi connectivity index (χ1n) is 7.62. The van der Waals surface area contributed by atoms with E-state index in [9.17, 15) is 9.59 Å². The molecule has 1 amide bonds. The quantitative estimate of drug-likeness (QED) is 0.838. The molecule has 0 spiro atoms. The largest absolute Gasteiger partial charge is 0.481 e. The summed E-state index contributed by atoms with van der Waals surface area (Å²) in [5, 5.41) is 9.72. The molecule has 1 aliphatic heterocycles. The first-order chi connectivity index (χ1) is 11.0. The van der Waals surface area contributed by atoms with E-state index >= 15 is 0 Å². The van der Waals surface area contributed by atoms with Gasteiger partial charge < -0.3 is 15.0 Å². The number of rotatable bonds is 4. The average Bonchev–Trinajstić information content (AvgIpc) is 2.94. The van der Waals surface area contributed by atoms with Crippen LogP contribution < -0.4 is 0 Å². The molecule has 6 nitrogen and oxygen atoms in total. The van der Waals surface area contributed by atoms with E-state index in [0.29, 0.717) is 31.7 Å². The lowest BCUT2D eigenvalue weighted by molar-refractivity contribution is -0.145. The number of carboxylic acid groups (broad SMARTS) is 1. The fourth-order valence-electron chi connectivity index (χ4n) is 2.77. The summed E-state index contributed by atoms with van der Waals surface area (Å²) in [5.74, 6) is -0.721. The number of H-pyrrole nitrogens is 1. The van der Waals surface area contributed by atoms with Gasteiger partial charge >= 0.3 is 5.97 Å². The molecule has 0 bridgehead atoms. The van der Waals surface area contributed by atoms with Crippen molar-refractivity contribution in [3.8, 4) is 0 Å². The predicted molar refractivity (Wildman–Crippen MR) is 88.5 cm³/mol. The van der Waals surface area contributed by atoms with Crippen LogP contribution in [0.1, 0.15) is 18.4 Å². The Morgan fingerprint density at radius 2 is 2.13 bits per heavy atom. The third-order valence-electron chi connectivity index (χ3n) is 4.14. The van der Waals surface area contributed by atoms with Gasteiger partial charge in [0.05, 0.1) is 22.7 Å². The van der Waals surface area contributed by atoms with Crippen molar-refractivity contribution in [2.24, 2.45) is 5.92 Å². The Hall–Kier alpha value is -2.02. The van der Waals surface area contributed by atoms with Crippen molar-refractivity contribution in [1.29, 1.82) is 0 Å². The van der Waals surface area contributed by atoms with Gasteiger partial charge in [-0.1, -0.05) is 17.8 Å². The number of aromatic amines is 1. The maximum atomic E-state index is 12.2. The van der Waals surface area contributed by atoms with E-state index in [0.717, 1.165) is 21.8 Å². The van der Waals surface area contributed by atoms with Gasteiger partial charge in [-0.25, -0.2) is 4.98 Å². The third-order valence-corrected chi connectivity index (χ3v) is 5.00. The van der Waals surface area contributed by atoms with Crippen molar-refractivity contribution in [2.75, 3.05) is 18.8 Å². The fraction of sp³-hybridized carbons (Fsp3) is 0.438. The van der Waals surface area contributed by atoms with Crippen molar-refractivity contribution in [1.82, 2.24) is 14.9 Å². The average molecular weight is 333 g/mol. The SMILES string of the molecule is Cc1ccc2nc(SCC(=O)N3CCC(C(=O)O)CC3)[nH]c2c1. The van der Waals surface area contributed by atoms with Crippen molar-refractivity contribution in [3.05, 3.63) is 23.8 Å². The van der Waals surface area contributed by atoms with E-state index in [1.54, 1.807) is 4.90 Å². The minimum Gasteiger partial charge on any atom is -0.481 e. The van der Waals surface area contributed by atoms with Crippen LogP contribution in [0.3, 0.4) is 0 Å². The molecule has 2 aromatic rings. The van der Waals surface area contributed by atoms with E-state index < -0.39 is 5.97 Å². The summed E-state index contributed by atoms with van der Waals surface area (Å²) in [6.07, 6.45) is 1.07. The Labute approximate surface area is 138 Å². The molecule has 122 valence electrons. The van der Waals surface area contributed by atoms with Gasteiger partial charge in [-0.2, -0.15) is 0 Å². The van der Waals surface area contributed by atoms with Gasteiger partial charge in [-0.3, -0.25) is 9.59 Å². The zero-order chi connectivity index (χ0) is 16.4. The lowest BCUT2D eigenvalue weighted by atomic mass is 9.97. The zero-order valence-corrected chi connectivity index (χ0v) is 13.7. The van der Waals surface area contributed by atoms with Crippen LogP contribution in [-0.2, 0) is 9.59 Å². The number of carbonyl (C=O) groups excluding carboxylic acids is 1. The standard InChI is InChI=1S/C16H19N3O3S/c1-10-2-3-12-13(8-10)18-16(17-12)23-9-14(20)19-6-4-11(5-7-19)15(21)22/h2-3,8,11H,4-7,9H2,1H3,(H,17,18)(H,21,22). The molecule has 23 heavy (non-hydrogen) atoms. The fourth-order valence-corrected chi connectivity index (χ4v) is 3.55. The Kier molecular flexibility index (Phi) is 4.56. The van der Waals surface area contributed by atoms with Crippen LogP contribution in [0.25, 0.3) is 11.0 Å². The zero-order valence-electron chi connectivity index (χ0n) is 12.9. The van der Waals surface area contributed by atoms with Gasteiger partial charge in [0.2, 0.25) is 5.91 Å². The van der Waals surface area contributed by atoms with Crippen LogP contribution in [0.4, 0.5) is 0 Å². The molecule has 2 heterocycles. The van der Waals surface area contributed by atoms with E-state index in [1.165, 1.54) is 11.8 Å². The summed E-state index contributed by atoms with van der Waals surface area (Å²) in [4.78, 5) is 32.6. The van der Waals surface area contributed by atoms with Gasteiger partial charge in [-0.15, -0.1) is 0 Å². The number of benzene rings is 1. The molecule has 2 N–H and O–H groups in total. The third kappa shape index (κ3) is 3.67. The maximum Gasteiger partial charge on any atom is 0.306 e. The lowest BCUT2D eigenvalue weighted by Gasteiger charge is -2.29. The normalized spacial score (nSPS) is 16.0. The second-order valence-corrected chi connectivity index (χ2v) is 6.81. The molecule has 3 rings (SSSR count). The molecular formula is C16H19N3O3S. The summed E-state index contributed by atoms with van der Waals surface area (Å²) in [6.45, 7) is 3.07. The smallest absolute Gasteiger partial charge is 0.306 e. The molecule has 7 heteroatoms. The minimum atomic E-state index is -0.760. The van der Waals surface area contributed by atoms with Crippen molar-refractivity contribution in [3.63, 3.8) is 0 Å². The molecule has 0 radical (unpaired) electrons. The molecule has 1 aliphatic rings. The molecule has 1 aromatic carbocycles. The monoisotopic (exact) mass is 333 g/mol. The Morgan fingerprint density at radius 1 is 1.39 bits per heavy atom. The predicted octanol–water partition coefficient (Wildman–Crippen LogP) is 2.29. The van der Waals surface area contributed by atoms with Crippen molar-refractivity contribution in [2.45, 2.75) is 24.9 Å². The van der Waals surface area contributed by atoms with E-state index in [-0.39, 0.29) is 11.8 Å². The van der Waals surface area contributed by atoms with E-state index in [1.807, 2.05) is 25.1 Å². The molecule has 0 unspecified atom stereocenters.